The first-order chi connectivity index (χ1) is 9.65. The summed E-state index contributed by atoms with van der Waals surface area (Å²) in [7, 11) is 0. The Hall–Kier alpha value is -1.88. The second kappa shape index (κ2) is 5.25. The minimum Gasteiger partial charge on any atom is -0.481 e. The van der Waals surface area contributed by atoms with Gasteiger partial charge in [0.15, 0.2) is 0 Å². The van der Waals surface area contributed by atoms with Crippen molar-refractivity contribution < 1.29 is 18.7 Å². The van der Waals surface area contributed by atoms with Crippen molar-refractivity contribution >= 4 is 16.9 Å². The van der Waals surface area contributed by atoms with E-state index in [-0.39, 0.29) is 18.3 Å². The summed E-state index contributed by atoms with van der Waals surface area (Å²) >= 11 is 0. The first kappa shape index (κ1) is 13.1. The van der Waals surface area contributed by atoms with E-state index in [4.69, 9.17) is 9.52 Å². The third-order valence-electron chi connectivity index (χ3n) is 3.79. The third kappa shape index (κ3) is 2.67. The molecule has 3 rings (SSSR count). The number of carboxylic acids is 1. The lowest BCUT2D eigenvalue weighted by atomic mass is 10.1. The Kier molecular flexibility index (Phi) is 3.44. The van der Waals surface area contributed by atoms with Crippen molar-refractivity contribution in [3.05, 3.63) is 35.8 Å². The SMILES string of the molecule is O=C(O)C[C@H](NCc1ccc(F)c2ccoc12)C1CC1. The molecule has 0 spiro atoms. The van der Waals surface area contributed by atoms with Crippen molar-refractivity contribution in [2.45, 2.75) is 31.8 Å². The average Bonchev–Trinajstić information content (AvgIpc) is 3.13. The molecular formula is C15H16FNO3. The van der Waals surface area contributed by atoms with Crippen LogP contribution in [0.4, 0.5) is 4.39 Å². The summed E-state index contributed by atoms with van der Waals surface area (Å²) in [6.45, 7) is 0.485. The Balaban J connectivity index is 1.74. The molecule has 1 aromatic heterocycles. The van der Waals surface area contributed by atoms with E-state index < -0.39 is 5.97 Å². The molecule has 20 heavy (non-hydrogen) atoms. The van der Waals surface area contributed by atoms with Crippen LogP contribution >= 0.6 is 0 Å². The molecule has 0 saturated heterocycles. The number of carboxylic acid groups (broad SMARTS) is 1. The minimum atomic E-state index is -0.795. The van der Waals surface area contributed by atoms with Gasteiger partial charge in [-0.1, -0.05) is 6.07 Å². The van der Waals surface area contributed by atoms with Crippen LogP contribution < -0.4 is 5.32 Å². The molecule has 1 atom stereocenters. The molecule has 106 valence electrons. The molecule has 1 aliphatic carbocycles. The lowest BCUT2D eigenvalue weighted by Gasteiger charge is -2.16. The van der Waals surface area contributed by atoms with Crippen LogP contribution in [-0.2, 0) is 11.3 Å². The smallest absolute Gasteiger partial charge is 0.304 e. The van der Waals surface area contributed by atoms with E-state index >= 15 is 0 Å². The Bertz CT molecular complexity index is 633. The molecule has 0 bridgehead atoms. The first-order valence-electron chi connectivity index (χ1n) is 6.75. The van der Waals surface area contributed by atoms with Crippen LogP contribution in [0.25, 0.3) is 11.0 Å². The molecule has 0 radical (unpaired) electrons. The van der Waals surface area contributed by atoms with Crippen LogP contribution in [0.15, 0.2) is 28.9 Å². The van der Waals surface area contributed by atoms with Crippen molar-refractivity contribution in [3.8, 4) is 0 Å². The van der Waals surface area contributed by atoms with E-state index in [1.807, 2.05) is 0 Å². The molecule has 5 heteroatoms. The molecular weight excluding hydrogens is 261 g/mol. The number of nitrogens with one attached hydrogen (secondary N) is 1. The van der Waals surface area contributed by atoms with Crippen molar-refractivity contribution in [2.24, 2.45) is 5.92 Å². The number of carbonyl (C=O) groups is 1. The summed E-state index contributed by atoms with van der Waals surface area (Å²) < 4.78 is 18.9. The molecule has 2 N–H and O–H groups in total. The van der Waals surface area contributed by atoms with Crippen LogP contribution in [0, 0.1) is 11.7 Å². The molecule has 2 aromatic rings. The fraction of sp³-hybridized carbons (Fsp3) is 0.400. The predicted molar refractivity (Wildman–Crippen MR) is 71.8 cm³/mol. The molecule has 4 nitrogen and oxygen atoms in total. The van der Waals surface area contributed by atoms with E-state index in [1.165, 1.54) is 12.3 Å². The molecule has 0 amide bonds. The van der Waals surface area contributed by atoms with Gasteiger partial charge in [-0.3, -0.25) is 4.79 Å². The van der Waals surface area contributed by atoms with E-state index in [0.717, 1.165) is 18.4 Å². The van der Waals surface area contributed by atoms with E-state index in [2.05, 4.69) is 5.32 Å². The normalized spacial score (nSPS) is 16.4. The maximum atomic E-state index is 13.6. The molecule has 1 heterocycles. The second-order valence-electron chi connectivity index (χ2n) is 5.29. The second-order valence-corrected chi connectivity index (χ2v) is 5.29. The molecule has 1 aromatic carbocycles. The Morgan fingerprint density at radius 2 is 2.25 bits per heavy atom. The zero-order valence-electron chi connectivity index (χ0n) is 10.9. The lowest BCUT2D eigenvalue weighted by molar-refractivity contribution is -0.137. The number of rotatable bonds is 6. The minimum absolute atomic E-state index is 0.0254. The number of hydrogen-bond donors (Lipinski definition) is 2. The van der Waals surface area contributed by atoms with Crippen molar-refractivity contribution in [2.75, 3.05) is 0 Å². The standard InChI is InChI=1S/C15H16FNO3/c16-12-4-3-10(15-11(12)5-6-20-15)8-17-13(7-14(18)19)9-1-2-9/h3-6,9,13,17H,1-2,7-8H2,(H,18,19)/t13-/m0/s1. The summed E-state index contributed by atoms with van der Waals surface area (Å²) in [6.07, 6.45) is 3.73. The highest BCUT2D eigenvalue weighted by Gasteiger charge is 2.32. The van der Waals surface area contributed by atoms with Gasteiger partial charge in [-0.25, -0.2) is 4.39 Å². The summed E-state index contributed by atoms with van der Waals surface area (Å²) in [5, 5.41) is 12.7. The van der Waals surface area contributed by atoms with Gasteiger partial charge in [0.1, 0.15) is 11.4 Å². The van der Waals surface area contributed by atoms with Crippen molar-refractivity contribution in [3.63, 3.8) is 0 Å². The number of halogens is 1. The number of aliphatic carboxylic acids is 1. The molecule has 1 saturated carbocycles. The highest BCUT2D eigenvalue weighted by molar-refractivity contribution is 5.80. The Labute approximate surface area is 115 Å². The zero-order valence-corrected chi connectivity index (χ0v) is 10.9. The largest absolute Gasteiger partial charge is 0.481 e. The van der Waals surface area contributed by atoms with Gasteiger partial charge in [0.05, 0.1) is 18.1 Å². The number of hydrogen-bond acceptors (Lipinski definition) is 3. The predicted octanol–water partition coefficient (Wildman–Crippen LogP) is 2.91. The third-order valence-corrected chi connectivity index (χ3v) is 3.79. The van der Waals surface area contributed by atoms with Gasteiger partial charge in [-0.2, -0.15) is 0 Å². The maximum absolute atomic E-state index is 13.6. The van der Waals surface area contributed by atoms with Gasteiger partial charge in [-0.15, -0.1) is 0 Å². The summed E-state index contributed by atoms with van der Waals surface area (Å²) in [6, 6.07) is 4.67. The molecule has 1 aliphatic rings. The van der Waals surface area contributed by atoms with Crippen LogP contribution in [0.2, 0.25) is 0 Å². The van der Waals surface area contributed by atoms with Gasteiger partial charge in [0.25, 0.3) is 0 Å². The molecule has 1 fully saturated rings. The van der Waals surface area contributed by atoms with E-state index in [9.17, 15) is 9.18 Å². The Morgan fingerprint density at radius 3 is 2.95 bits per heavy atom. The summed E-state index contributed by atoms with van der Waals surface area (Å²) in [5.41, 5.74) is 1.38. The van der Waals surface area contributed by atoms with E-state index in [0.29, 0.717) is 23.4 Å². The highest BCUT2D eigenvalue weighted by Crippen LogP contribution is 2.34. The van der Waals surface area contributed by atoms with Gasteiger partial charge in [0.2, 0.25) is 0 Å². The summed E-state index contributed by atoms with van der Waals surface area (Å²) in [4.78, 5) is 10.9. The van der Waals surface area contributed by atoms with Gasteiger partial charge in [-0.05, 0) is 30.9 Å². The topological polar surface area (TPSA) is 62.5 Å². The Morgan fingerprint density at radius 1 is 1.45 bits per heavy atom. The zero-order chi connectivity index (χ0) is 14.1. The first-order valence-corrected chi connectivity index (χ1v) is 6.75. The fourth-order valence-corrected chi connectivity index (χ4v) is 2.56. The highest BCUT2D eigenvalue weighted by atomic mass is 19.1. The molecule has 0 unspecified atom stereocenters. The van der Waals surface area contributed by atoms with Gasteiger partial charge >= 0.3 is 5.97 Å². The number of furan rings is 1. The monoisotopic (exact) mass is 277 g/mol. The van der Waals surface area contributed by atoms with E-state index in [1.54, 1.807) is 12.1 Å². The van der Waals surface area contributed by atoms with Crippen LogP contribution in [0.3, 0.4) is 0 Å². The number of benzene rings is 1. The van der Waals surface area contributed by atoms with Gasteiger partial charge in [0, 0.05) is 18.2 Å². The van der Waals surface area contributed by atoms with Crippen molar-refractivity contribution in [1.82, 2.24) is 5.32 Å². The van der Waals surface area contributed by atoms with Crippen LogP contribution in [0.1, 0.15) is 24.8 Å². The maximum Gasteiger partial charge on any atom is 0.304 e. The summed E-state index contributed by atoms with van der Waals surface area (Å²) in [5.74, 6) is -0.655. The number of fused-ring (bicyclic) bond motifs is 1. The lowest BCUT2D eigenvalue weighted by Crippen LogP contribution is -2.32. The average molecular weight is 277 g/mol. The quantitative estimate of drug-likeness (QED) is 0.852. The van der Waals surface area contributed by atoms with Crippen LogP contribution in [0.5, 0.6) is 0 Å². The molecule has 0 aliphatic heterocycles. The fourth-order valence-electron chi connectivity index (χ4n) is 2.56. The van der Waals surface area contributed by atoms with Crippen molar-refractivity contribution in [1.29, 1.82) is 0 Å². The van der Waals surface area contributed by atoms with Gasteiger partial charge < -0.3 is 14.8 Å². The van der Waals surface area contributed by atoms with Crippen LogP contribution in [-0.4, -0.2) is 17.1 Å².